The van der Waals surface area contributed by atoms with Gasteiger partial charge in [-0.05, 0) is 48.5 Å². The second kappa shape index (κ2) is 7.65. The fourth-order valence-electron chi connectivity index (χ4n) is 2.67. The summed E-state index contributed by atoms with van der Waals surface area (Å²) in [7, 11) is -11.3. The predicted molar refractivity (Wildman–Crippen MR) is 101 cm³/mol. The number of benzene rings is 2. The Balaban J connectivity index is 1.66. The Kier molecular flexibility index (Phi) is 5.71. The number of ether oxygens (including phenoxy) is 1. The van der Waals surface area contributed by atoms with Gasteiger partial charge in [0.15, 0.2) is 0 Å². The monoisotopic (exact) mass is 464 g/mol. The number of methoxy groups -OCH3 is 1. The highest BCUT2D eigenvalue weighted by molar-refractivity contribution is 7.90. The zero-order valence-electron chi connectivity index (χ0n) is 15.0. The van der Waals surface area contributed by atoms with Gasteiger partial charge >= 0.3 is 10.2 Å². The van der Waals surface area contributed by atoms with Crippen LogP contribution in [-0.2, 0) is 30.3 Å². The lowest BCUT2D eigenvalue weighted by Crippen LogP contribution is -2.60. The van der Waals surface area contributed by atoms with Crippen LogP contribution in [0.25, 0.3) is 0 Å². The molecule has 1 saturated heterocycles. The molecule has 0 spiro atoms. The maximum absolute atomic E-state index is 12.9. The van der Waals surface area contributed by atoms with Crippen LogP contribution in [0.3, 0.4) is 0 Å². The molecule has 13 heteroatoms. The topological polar surface area (TPSA) is 127 Å². The molecule has 9 nitrogen and oxygen atoms in total. The van der Waals surface area contributed by atoms with Crippen LogP contribution in [0.4, 0.5) is 3.89 Å². The van der Waals surface area contributed by atoms with Gasteiger partial charge in [-0.2, -0.15) is 12.7 Å². The average Bonchev–Trinajstić information content (AvgIpc) is 2.63. The Morgan fingerprint density at radius 3 is 1.83 bits per heavy atom. The largest absolute Gasteiger partial charge is 0.497 e. The lowest BCUT2D eigenvalue weighted by molar-refractivity contribution is 0.250. The molecule has 1 aliphatic heterocycles. The molecule has 0 saturated carbocycles. The summed E-state index contributed by atoms with van der Waals surface area (Å²) in [5, 5.41) is 0. The van der Waals surface area contributed by atoms with Crippen molar-refractivity contribution in [1.29, 1.82) is 0 Å². The van der Waals surface area contributed by atoms with Crippen LogP contribution >= 0.6 is 0 Å². The maximum Gasteiger partial charge on any atom is 0.332 e. The highest BCUT2D eigenvalue weighted by Gasteiger charge is 2.38. The molecule has 0 atom stereocenters. The first-order valence-corrected chi connectivity index (χ1v) is 12.5. The predicted octanol–water partition coefficient (Wildman–Crippen LogP) is 0.705. The van der Waals surface area contributed by atoms with Crippen LogP contribution in [0.1, 0.15) is 0 Å². The molecule has 1 aliphatic rings. The van der Waals surface area contributed by atoms with Crippen molar-refractivity contribution in [3.63, 3.8) is 0 Å². The summed E-state index contributed by atoms with van der Waals surface area (Å²) in [6, 6.07) is 8.74. The third-order valence-electron chi connectivity index (χ3n) is 4.28. The summed E-state index contributed by atoms with van der Waals surface area (Å²) in [5.74, 6) is 0.504. The van der Waals surface area contributed by atoms with Gasteiger partial charge in [0.05, 0.1) is 21.8 Å². The van der Waals surface area contributed by atoms with E-state index in [1.165, 1.54) is 31.4 Å². The van der Waals surface area contributed by atoms with Gasteiger partial charge in [-0.1, -0.05) is 0 Å². The summed E-state index contributed by atoms with van der Waals surface area (Å²) >= 11 is 0. The molecule has 1 heterocycles. The van der Waals surface area contributed by atoms with E-state index in [2.05, 4.69) is 4.72 Å². The van der Waals surface area contributed by atoms with E-state index in [0.717, 1.165) is 28.6 Å². The van der Waals surface area contributed by atoms with E-state index in [0.29, 0.717) is 5.75 Å². The summed E-state index contributed by atoms with van der Waals surface area (Å²) in [5.41, 5.74) is 0. The quantitative estimate of drug-likeness (QED) is 0.598. The molecule has 0 aliphatic carbocycles. The van der Waals surface area contributed by atoms with E-state index in [1.54, 1.807) is 0 Å². The van der Waals surface area contributed by atoms with Crippen LogP contribution in [0.15, 0.2) is 63.2 Å². The van der Waals surface area contributed by atoms with Crippen molar-refractivity contribution in [2.24, 2.45) is 0 Å². The number of nitrogens with zero attached hydrogens (tertiary/aromatic N) is 1. The van der Waals surface area contributed by atoms with Gasteiger partial charge in [0.2, 0.25) is 20.0 Å². The standard InChI is InChI=1S/C16H17FN2O7S3/c1-26-13-2-4-16(5-3-13)29(24,25)19-10-12(11-19)18-28(22,23)15-8-6-14(7-9-15)27(17,20)21/h2-9,12,18H,10-11H2,1H3. The average molecular weight is 465 g/mol. The minimum absolute atomic E-state index is 0.0580. The Hall–Kier alpha value is -2.06. The van der Waals surface area contributed by atoms with Gasteiger partial charge in [0, 0.05) is 19.1 Å². The molecule has 2 aromatic rings. The molecule has 0 amide bonds. The molecule has 0 radical (unpaired) electrons. The molecule has 3 rings (SSSR count). The Morgan fingerprint density at radius 1 is 0.862 bits per heavy atom. The number of halogens is 1. The van der Waals surface area contributed by atoms with Crippen LogP contribution in [0.2, 0.25) is 0 Å². The van der Waals surface area contributed by atoms with Crippen LogP contribution in [0, 0.1) is 0 Å². The zero-order valence-corrected chi connectivity index (χ0v) is 17.5. The van der Waals surface area contributed by atoms with Gasteiger partial charge in [-0.3, -0.25) is 0 Å². The van der Waals surface area contributed by atoms with Crippen molar-refractivity contribution in [2.75, 3.05) is 20.2 Å². The summed E-state index contributed by atoms with van der Waals surface area (Å²) < 4.78 is 92.8. The third-order valence-corrected chi connectivity index (χ3v) is 8.50. The van der Waals surface area contributed by atoms with Gasteiger partial charge < -0.3 is 4.74 Å². The first-order valence-electron chi connectivity index (χ1n) is 8.15. The molecule has 0 aromatic heterocycles. The van der Waals surface area contributed by atoms with E-state index in [9.17, 15) is 29.1 Å². The van der Waals surface area contributed by atoms with Crippen LogP contribution < -0.4 is 9.46 Å². The second-order valence-corrected chi connectivity index (χ2v) is 11.2. The lowest BCUT2D eigenvalue weighted by atomic mass is 10.2. The molecule has 1 fully saturated rings. The molecule has 1 N–H and O–H groups in total. The Bertz CT molecular complexity index is 1200. The van der Waals surface area contributed by atoms with Gasteiger partial charge in [-0.15, -0.1) is 3.89 Å². The molecule has 158 valence electrons. The number of nitrogens with one attached hydrogen (secondary N) is 1. The van der Waals surface area contributed by atoms with Crippen molar-refractivity contribution in [3.05, 3.63) is 48.5 Å². The van der Waals surface area contributed by atoms with Gasteiger partial charge in [-0.25, -0.2) is 21.6 Å². The molecule has 0 unspecified atom stereocenters. The Morgan fingerprint density at radius 2 is 1.34 bits per heavy atom. The van der Waals surface area contributed by atoms with Gasteiger partial charge in [0.1, 0.15) is 5.75 Å². The summed E-state index contributed by atoms with van der Waals surface area (Å²) in [6.07, 6.45) is 0. The van der Waals surface area contributed by atoms with Gasteiger partial charge in [0.25, 0.3) is 0 Å². The minimum atomic E-state index is -4.93. The number of sulfonamides is 2. The lowest BCUT2D eigenvalue weighted by Gasteiger charge is -2.38. The van der Waals surface area contributed by atoms with E-state index in [4.69, 9.17) is 4.74 Å². The fourth-order valence-corrected chi connectivity index (χ4v) is 5.88. The van der Waals surface area contributed by atoms with Crippen LogP contribution in [-0.4, -0.2) is 55.8 Å². The van der Waals surface area contributed by atoms with Crippen molar-refractivity contribution in [1.82, 2.24) is 9.03 Å². The Labute approximate surface area is 168 Å². The van der Waals surface area contributed by atoms with E-state index in [1.807, 2.05) is 0 Å². The van der Waals surface area contributed by atoms with Crippen molar-refractivity contribution in [2.45, 2.75) is 20.7 Å². The number of hydrogen-bond donors (Lipinski definition) is 1. The highest BCUT2D eigenvalue weighted by atomic mass is 32.3. The SMILES string of the molecule is COc1ccc(S(=O)(=O)N2CC(NS(=O)(=O)c3ccc(S(=O)(=O)F)cc3)C2)cc1. The zero-order chi connectivity index (χ0) is 21.4. The highest BCUT2D eigenvalue weighted by Crippen LogP contribution is 2.24. The molecular weight excluding hydrogens is 447 g/mol. The summed E-state index contributed by atoms with van der Waals surface area (Å²) in [6.45, 7) is -0.130. The second-order valence-electron chi connectivity index (χ2n) is 6.23. The first-order chi connectivity index (χ1) is 13.4. The van der Waals surface area contributed by atoms with E-state index >= 15 is 0 Å². The normalized spacial score (nSPS) is 16.3. The van der Waals surface area contributed by atoms with Crippen LogP contribution in [0.5, 0.6) is 5.75 Å². The van der Waals surface area contributed by atoms with E-state index < -0.39 is 41.2 Å². The van der Waals surface area contributed by atoms with Crippen molar-refractivity contribution >= 4 is 30.3 Å². The number of hydrogen-bond acceptors (Lipinski definition) is 7. The third kappa shape index (κ3) is 4.59. The molecule has 2 aromatic carbocycles. The molecular formula is C16H17FN2O7S3. The fraction of sp³-hybridized carbons (Fsp3) is 0.250. The first kappa shape index (κ1) is 21.6. The molecule has 29 heavy (non-hydrogen) atoms. The maximum atomic E-state index is 12.9. The molecule has 0 bridgehead atoms. The summed E-state index contributed by atoms with van der Waals surface area (Å²) in [4.78, 5) is -0.860. The van der Waals surface area contributed by atoms with Crippen molar-refractivity contribution < 1.29 is 33.9 Å². The van der Waals surface area contributed by atoms with E-state index in [-0.39, 0.29) is 22.9 Å². The number of rotatable bonds is 7. The minimum Gasteiger partial charge on any atom is -0.497 e. The smallest absolute Gasteiger partial charge is 0.332 e. The van der Waals surface area contributed by atoms with Crippen molar-refractivity contribution in [3.8, 4) is 5.75 Å².